The minimum Gasteiger partial charge on any atom is -0.319 e. The molecule has 0 saturated heterocycles. The Hall–Kier alpha value is -1.19. The van der Waals surface area contributed by atoms with Gasteiger partial charge < -0.3 is 5.32 Å². The molecular weight excluding hydrogens is 218 g/mol. The van der Waals surface area contributed by atoms with Gasteiger partial charge in [-0.25, -0.2) is 0 Å². The molecule has 2 aromatic rings. The van der Waals surface area contributed by atoms with E-state index >= 15 is 0 Å². The summed E-state index contributed by atoms with van der Waals surface area (Å²) in [4.78, 5) is 12.2. The van der Waals surface area contributed by atoms with Crippen molar-refractivity contribution in [2.75, 3.05) is 13.6 Å². The molecule has 2 nitrogen and oxygen atoms in total. The SMILES string of the molecule is CNCC(C)C(=O)c1cccc2ccsc12. The summed E-state index contributed by atoms with van der Waals surface area (Å²) in [6.45, 7) is 2.69. The largest absolute Gasteiger partial charge is 0.319 e. The van der Waals surface area contributed by atoms with Crippen molar-refractivity contribution in [3.05, 3.63) is 35.2 Å². The van der Waals surface area contributed by atoms with Gasteiger partial charge in [0.05, 0.1) is 0 Å². The van der Waals surface area contributed by atoms with Crippen molar-refractivity contribution in [1.29, 1.82) is 0 Å². The molecule has 1 atom stereocenters. The highest BCUT2D eigenvalue weighted by Crippen LogP contribution is 2.26. The Morgan fingerprint density at radius 3 is 3.00 bits per heavy atom. The van der Waals surface area contributed by atoms with Crippen LogP contribution in [0.3, 0.4) is 0 Å². The Bertz CT molecular complexity index is 503. The smallest absolute Gasteiger partial charge is 0.168 e. The number of nitrogens with one attached hydrogen (secondary N) is 1. The molecule has 0 amide bonds. The van der Waals surface area contributed by atoms with Crippen LogP contribution < -0.4 is 5.32 Å². The van der Waals surface area contributed by atoms with Gasteiger partial charge in [-0.2, -0.15) is 0 Å². The summed E-state index contributed by atoms with van der Waals surface area (Å²) in [5, 5.41) is 6.23. The number of hydrogen-bond acceptors (Lipinski definition) is 3. The highest BCUT2D eigenvalue weighted by molar-refractivity contribution is 7.17. The second-order valence-corrected chi connectivity index (χ2v) is 4.88. The first-order valence-corrected chi connectivity index (χ1v) is 6.27. The van der Waals surface area contributed by atoms with Crippen molar-refractivity contribution < 1.29 is 4.79 Å². The molecule has 2 rings (SSSR count). The third-order valence-corrected chi connectivity index (χ3v) is 3.67. The van der Waals surface area contributed by atoms with Gasteiger partial charge >= 0.3 is 0 Å². The molecule has 0 aliphatic carbocycles. The predicted molar refractivity (Wildman–Crippen MR) is 69.2 cm³/mol. The Kier molecular flexibility index (Phi) is 3.36. The van der Waals surface area contributed by atoms with Gasteiger partial charge in [-0.3, -0.25) is 4.79 Å². The molecule has 16 heavy (non-hydrogen) atoms. The molecule has 0 fully saturated rings. The van der Waals surface area contributed by atoms with Crippen molar-refractivity contribution >= 4 is 27.2 Å². The molecule has 0 radical (unpaired) electrons. The van der Waals surface area contributed by atoms with Crippen LogP contribution in [-0.2, 0) is 0 Å². The third-order valence-electron chi connectivity index (χ3n) is 2.70. The lowest BCUT2D eigenvalue weighted by Gasteiger charge is -2.10. The second-order valence-electron chi connectivity index (χ2n) is 3.97. The zero-order valence-corrected chi connectivity index (χ0v) is 10.3. The molecule has 84 valence electrons. The van der Waals surface area contributed by atoms with Crippen molar-refractivity contribution in [1.82, 2.24) is 5.32 Å². The van der Waals surface area contributed by atoms with E-state index in [2.05, 4.69) is 11.4 Å². The molecule has 1 unspecified atom stereocenters. The van der Waals surface area contributed by atoms with Gasteiger partial charge in [0, 0.05) is 22.7 Å². The van der Waals surface area contributed by atoms with E-state index in [1.807, 2.05) is 37.6 Å². The van der Waals surface area contributed by atoms with E-state index < -0.39 is 0 Å². The van der Waals surface area contributed by atoms with Crippen LogP contribution in [0.2, 0.25) is 0 Å². The van der Waals surface area contributed by atoms with Gasteiger partial charge in [0.15, 0.2) is 5.78 Å². The van der Waals surface area contributed by atoms with Gasteiger partial charge in [-0.1, -0.05) is 19.1 Å². The van der Waals surface area contributed by atoms with E-state index in [1.165, 1.54) is 0 Å². The first-order chi connectivity index (χ1) is 7.74. The fourth-order valence-electron chi connectivity index (χ4n) is 1.85. The normalized spacial score (nSPS) is 12.9. The summed E-state index contributed by atoms with van der Waals surface area (Å²) >= 11 is 1.64. The molecule has 3 heteroatoms. The molecule has 1 N–H and O–H groups in total. The van der Waals surface area contributed by atoms with Crippen LogP contribution in [0.5, 0.6) is 0 Å². The number of carbonyl (C=O) groups excluding carboxylic acids is 1. The topological polar surface area (TPSA) is 29.1 Å². The number of fused-ring (bicyclic) bond motifs is 1. The van der Waals surface area contributed by atoms with E-state index in [4.69, 9.17) is 0 Å². The monoisotopic (exact) mass is 233 g/mol. The lowest BCUT2D eigenvalue weighted by molar-refractivity contribution is 0.0932. The summed E-state index contributed by atoms with van der Waals surface area (Å²) in [6.07, 6.45) is 0. The third kappa shape index (κ3) is 2.01. The molecule has 1 aromatic carbocycles. The van der Waals surface area contributed by atoms with Gasteiger partial charge in [-0.15, -0.1) is 11.3 Å². The summed E-state index contributed by atoms with van der Waals surface area (Å²) in [5.74, 6) is 0.250. The van der Waals surface area contributed by atoms with E-state index in [9.17, 15) is 4.79 Å². The van der Waals surface area contributed by atoms with E-state index in [-0.39, 0.29) is 11.7 Å². The summed E-state index contributed by atoms with van der Waals surface area (Å²) in [7, 11) is 1.87. The zero-order valence-electron chi connectivity index (χ0n) is 9.49. The van der Waals surface area contributed by atoms with E-state index in [1.54, 1.807) is 11.3 Å². The standard InChI is InChI=1S/C13H15NOS/c1-9(8-14-2)12(15)11-5-3-4-10-6-7-16-13(10)11/h3-7,9,14H,8H2,1-2H3. The average molecular weight is 233 g/mol. The van der Waals surface area contributed by atoms with Gasteiger partial charge in [0.1, 0.15) is 0 Å². The lowest BCUT2D eigenvalue weighted by atomic mass is 9.98. The molecule has 0 bridgehead atoms. The van der Waals surface area contributed by atoms with Crippen LogP contribution in [0.4, 0.5) is 0 Å². The average Bonchev–Trinajstić information content (AvgIpc) is 2.76. The predicted octanol–water partition coefficient (Wildman–Crippen LogP) is 2.94. The first kappa shape index (κ1) is 11.3. The maximum absolute atomic E-state index is 12.2. The molecular formula is C13H15NOS. The van der Waals surface area contributed by atoms with Crippen molar-refractivity contribution in [3.8, 4) is 0 Å². The van der Waals surface area contributed by atoms with Crippen molar-refractivity contribution in [2.24, 2.45) is 5.92 Å². The highest BCUT2D eigenvalue weighted by atomic mass is 32.1. The van der Waals surface area contributed by atoms with E-state index in [0.29, 0.717) is 0 Å². The van der Waals surface area contributed by atoms with Crippen LogP contribution in [0.1, 0.15) is 17.3 Å². The van der Waals surface area contributed by atoms with Crippen LogP contribution in [-0.4, -0.2) is 19.4 Å². The summed E-state index contributed by atoms with van der Waals surface area (Å²) in [6, 6.07) is 7.98. The number of ketones is 1. The first-order valence-electron chi connectivity index (χ1n) is 5.39. The van der Waals surface area contributed by atoms with Crippen molar-refractivity contribution in [3.63, 3.8) is 0 Å². The number of hydrogen-bond donors (Lipinski definition) is 1. The minimum absolute atomic E-state index is 0.0256. The second kappa shape index (κ2) is 4.76. The number of benzene rings is 1. The van der Waals surface area contributed by atoms with Crippen LogP contribution >= 0.6 is 11.3 Å². The van der Waals surface area contributed by atoms with Crippen LogP contribution in [0.15, 0.2) is 29.6 Å². The fraction of sp³-hybridized carbons (Fsp3) is 0.308. The van der Waals surface area contributed by atoms with E-state index in [0.717, 1.165) is 22.2 Å². The lowest BCUT2D eigenvalue weighted by Crippen LogP contribution is -2.23. The number of thiophene rings is 1. The molecule has 0 aliphatic heterocycles. The zero-order chi connectivity index (χ0) is 11.5. The maximum Gasteiger partial charge on any atom is 0.168 e. The Labute approximate surface area is 99.3 Å². The molecule has 1 aromatic heterocycles. The Morgan fingerprint density at radius 2 is 2.25 bits per heavy atom. The molecule has 0 spiro atoms. The van der Waals surface area contributed by atoms with Crippen LogP contribution in [0, 0.1) is 5.92 Å². The molecule has 0 aliphatic rings. The molecule has 1 heterocycles. The minimum atomic E-state index is 0.0256. The Balaban J connectivity index is 2.39. The number of rotatable bonds is 4. The van der Waals surface area contributed by atoms with Gasteiger partial charge in [-0.05, 0) is 29.9 Å². The van der Waals surface area contributed by atoms with Crippen LogP contribution in [0.25, 0.3) is 10.1 Å². The number of Topliss-reactive ketones (excluding diaryl/α,β-unsaturated/α-hetero) is 1. The maximum atomic E-state index is 12.2. The van der Waals surface area contributed by atoms with Gasteiger partial charge in [0.2, 0.25) is 0 Å². The summed E-state index contributed by atoms with van der Waals surface area (Å²) < 4.78 is 1.11. The van der Waals surface area contributed by atoms with Crippen molar-refractivity contribution in [2.45, 2.75) is 6.92 Å². The molecule has 0 saturated carbocycles. The van der Waals surface area contributed by atoms with Gasteiger partial charge in [0.25, 0.3) is 0 Å². The quantitative estimate of drug-likeness (QED) is 0.823. The highest BCUT2D eigenvalue weighted by Gasteiger charge is 2.17. The summed E-state index contributed by atoms with van der Waals surface area (Å²) in [5.41, 5.74) is 0.857. The fourth-order valence-corrected chi connectivity index (χ4v) is 2.77. The number of carbonyl (C=O) groups is 1. The Morgan fingerprint density at radius 1 is 1.44 bits per heavy atom.